The highest BCUT2D eigenvalue weighted by Gasteiger charge is 2.29. The Bertz CT molecular complexity index is 723. The highest BCUT2D eigenvalue weighted by molar-refractivity contribution is 5.91. The van der Waals surface area contributed by atoms with Gasteiger partial charge in [-0.05, 0) is 49.9 Å². The molecule has 3 rings (SSSR count). The van der Waals surface area contributed by atoms with Crippen molar-refractivity contribution >= 4 is 17.7 Å². The van der Waals surface area contributed by atoms with Crippen molar-refractivity contribution in [3.8, 4) is 11.5 Å². The van der Waals surface area contributed by atoms with Crippen LogP contribution in [-0.2, 0) is 9.59 Å². The number of amides is 1. The number of aromatic nitrogens is 1. The van der Waals surface area contributed by atoms with Gasteiger partial charge in [-0.25, -0.2) is 4.98 Å². The van der Waals surface area contributed by atoms with E-state index in [0.29, 0.717) is 37.3 Å². The van der Waals surface area contributed by atoms with E-state index in [1.54, 1.807) is 18.3 Å². The number of para-hydroxylation sites is 1. The molecule has 1 amide bonds. The first-order valence-electron chi connectivity index (χ1n) is 8.34. The summed E-state index contributed by atoms with van der Waals surface area (Å²) in [5, 5.41) is 11.8. The van der Waals surface area contributed by atoms with Crippen molar-refractivity contribution in [1.82, 2.24) is 4.98 Å². The minimum Gasteiger partial charge on any atom is -0.481 e. The topological polar surface area (TPSA) is 88.5 Å². The van der Waals surface area contributed by atoms with E-state index in [0.717, 1.165) is 5.75 Å². The van der Waals surface area contributed by atoms with Crippen LogP contribution in [0.4, 0.5) is 5.82 Å². The molecule has 1 aliphatic rings. The summed E-state index contributed by atoms with van der Waals surface area (Å²) in [5.41, 5.74) is 0. The number of aliphatic carboxylic acids is 1. The lowest BCUT2D eigenvalue weighted by molar-refractivity contribution is -0.143. The molecule has 2 aromatic rings. The lowest BCUT2D eigenvalue weighted by Gasteiger charge is -2.25. The Morgan fingerprint density at radius 3 is 2.24 bits per heavy atom. The van der Waals surface area contributed by atoms with E-state index in [1.165, 1.54) is 0 Å². The first-order valence-corrected chi connectivity index (χ1v) is 8.34. The van der Waals surface area contributed by atoms with Gasteiger partial charge in [-0.2, -0.15) is 0 Å². The smallest absolute Gasteiger partial charge is 0.306 e. The number of nitrogens with zero attached hydrogens (tertiary/aromatic N) is 1. The fourth-order valence-corrected chi connectivity index (χ4v) is 2.97. The van der Waals surface area contributed by atoms with Gasteiger partial charge in [0.2, 0.25) is 5.91 Å². The van der Waals surface area contributed by atoms with Crippen molar-refractivity contribution in [2.45, 2.75) is 25.7 Å². The van der Waals surface area contributed by atoms with Crippen LogP contribution < -0.4 is 10.1 Å². The number of carbonyl (C=O) groups excluding carboxylic acids is 1. The molecule has 25 heavy (non-hydrogen) atoms. The number of pyridine rings is 1. The lowest BCUT2D eigenvalue weighted by Crippen LogP contribution is -2.29. The van der Waals surface area contributed by atoms with Gasteiger partial charge in [-0.15, -0.1) is 0 Å². The Labute approximate surface area is 145 Å². The molecule has 1 heterocycles. The van der Waals surface area contributed by atoms with Gasteiger partial charge in [0.15, 0.2) is 0 Å². The van der Waals surface area contributed by atoms with Gasteiger partial charge >= 0.3 is 5.97 Å². The number of benzene rings is 1. The third kappa shape index (κ3) is 4.56. The minimum atomic E-state index is -0.769. The molecular formula is C19H20N2O4. The monoisotopic (exact) mass is 340 g/mol. The molecule has 6 heteroatoms. The normalized spacial score (nSPS) is 19.8. The molecule has 1 aliphatic carbocycles. The predicted molar refractivity (Wildman–Crippen MR) is 92.5 cm³/mol. The summed E-state index contributed by atoms with van der Waals surface area (Å²) < 4.78 is 5.66. The summed E-state index contributed by atoms with van der Waals surface area (Å²) in [6, 6.07) is 12.8. The molecule has 0 spiro atoms. The van der Waals surface area contributed by atoms with Crippen LogP contribution >= 0.6 is 0 Å². The minimum absolute atomic E-state index is 0.104. The number of carboxylic acid groups (broad SMARTS) is 1. The fourth-order valence-electron chi connectivity index (χ4n) is 2.97. The third-order valence-electron chi connectivity index (χ3n) is 4.41. The summed E-state index contributed by atoms with van der Waals surface area (Å²) in [4.78, 5) is 27.5. The van der Waals surface area contributed by atoms with Crippen molar-refractivity contribution in [3.63, 3.8) is 0 Å². The maximum Gasteiger partial charge on any atom is 0.306 e. The van der Waals surface area contributed by atoms with E-state index in [2.05, 4.69) is 10.3 Å². The van der Waals surface area contributed by atoms with Crippen LogP contribution in [0.3, 0.4) is 0 Å². The van der Waals surface area contributed by atoms with Crippen LogP contribution in [0.25, 0.3) is 0 Å². The number of carboxylic acids is 1. The molecule has 0 aliphatic heterocycles. The second-order valence-electron chi connectivity index (χ2n) is 6.17. The number of hydrogen-bond acceptors (Lipinski definition) is 4. The van der Waals surface area contributed by atoms with E-state index in [1.807, 2.05) is 30.3 Å². The quantitative estimate of drug-likeness (QED) is 0.866. The van der Waals surface area contributed by atoms with Crippen LogP contribution in [-0.4, -0.2) is 22.0 Å². The largest absolute Gasteiger partial charge is 0.481 e. The first kappa shape index (κ1) is 17.0. The highest BCUT2D eigenvalue weighted by Crippen LogP contribution is 2.30. The Morgan fingerprint density at radius 2 is 1.64 bits per heavy atom. The van der Waals surface area contributed by atoms with E-state index >= 15 is 0 Å². The molecular weight excluding hydrogens is 320 g/mol. The van der Waals surface area contributed by atoms with Gasteiger partial charge in [-0.1, -0.05) is 18.2 Å². The van der Waals surface area contributed by atoms with E-state index < -0.39 is 5.97 Å². The zero-order chi connectivity index (χ0) is 17.6. The second-order valence-corrected chi connectivity index (χ2v) is 6.17. The average Bonchev–Trinajstić information content (AvgIpc) is 2.64. The molecule has 0 atom stereocenters. The van der Waals surface area contributed by atoms with E-state index in [-0.39, 0.29) is 17.7 Å². The van der Waals surface area contributed by atoms with Crippen molar-refractivity contribution in [2.24, 2.45) is 11.8 Å². The van der Waals surface area contributed by atoms with Gasteiger partial charge in [0.25, 0.3) is 0 Å². The molecule has 0 radical (unpaired) electrons. The second kappa shape index (κ2) is 7.79. The Hall–Kier alpha value is -2.89. The predicted octanol–water partition coefficient (Wildman–Crippen LogP) is 3.70. The van der Waals surface area contributed by atoms with Gasteiger partial charge < -0.3 is 15.2 Å². The van der Waals surface area contributed by atoms with Gasteiger partial charge in [-0.3, -0.25) is 9.59 Å². The molecule has 1 aromatic heterocycles. The number of rotatable bonds is 5. The van der Waals surface area contributed by atoms with Crippen molar-refractivity contribution in [1.29, 1.82) is 0 Å². The van der Waals surface area contributed by atoms with Crippen molar-refractivity contribution in [2.75, 3.05) is 5.32 Å². The van der Waals surface area contributed by atoms with E-state index in [9.17, 15) is 9.59 Å². The van der Waals surface area contributed by atoms with Gasteiger partial charge in [0.1, 0.15) is 17.3 Å². The Balaban J connectivity index is 1.53. The highest BCUT2D eigenvalue weighted by atomic mass is 16.5. The maximum atomic E-state index is 12.3. The molecule has 1 aromatic carbocycles. The summed E-state index contributed by atoms with van der Waals surface area (Å²) >= 11 is 0. The number of ether oxygens (including phenoxy) is 1. The summed E-state index contributed by atoms with van der Waals surface area (Å²) in [6.07, 6.45) is 3.84. The molecule has 1 saturated carbocycles. The first-order chi connectivity index (χ1) is 12.1. The number of carbonyl (C=O) groups is 2. The summed E-state index contributed by atoms with van der Waals surface area (Å²) in [5.74, 6) is 0.421. The van der Waals surface area contributed by atoms with Crippen LogP contribution in [0.5, 0.6) is 11.5 Å². The molecule has 0 unspecified atom stereocenters. The van der Waals surface area contributed by atoms with E-state index in [4.69, 9.17) is 9.84 Å². The van der Waals surface area contributed by atoms with Crippen LogP contribution in [0.1, 0.15) is 25.7 Å². The fraction of sp³-hybridized carbons (Fsp3) is 0.316. The summed E-state index contributed by atoms with van der Waals surface area (Å²) in [7, 11) is 0. The van der Waals surface area contributed by atoms with Crippen LogP contribution in [0, 0.1) is 11.8 Å². The zero-order valence-electron chi connectivity index (χ0n) is 13.7. The maximum absolute atomic E-state index is 12.3. The molecule has 130 valence electrons. The van der Waals surface area contributed by atoms with Gasteiger partial charge in [0, 0.05) is 5.92 Å². The van der Waals surface area contributed by atoms with Crippen molar-refractivity contribution < 1.29 is 19.4 Å². The Kier molecular flexibility index (Phi) is 5.28. The van der Waals surface area contributed by atoms with Crippen molar-refractivity contribution in [3.05, 3.63) is 48.7 Å². The molecule has 0 saturated heterocycles. The molecule has 2 N–H and O–H groups in total. The van der Waals surface area contributed by atoms with Gasteiger partial charge in [0.05, 0.1) is 12.1 Å². The molecule has 6 nitrogen and oxygen atoms in total. The number of nitrogens with one attached hydrogen (secondary N) is 1. The van der Waals surface area contributed by atoms with Crippen LogP contribution in [0.2, 0.25) is 0 Å². The standard InChI is InChI=1S/C19H20N2O4/c22-18(13-6-8-14(9-7-13)19(23)24)21-17-11-10-16(12-20-17)25-15-4-2-1-3-5-15/h1-5,10-14H,6-9H2,(H,23,24)(H,20,21,22). The number of hydrogen-bond donors (Lipinski definition) is 2. The number of anilines is 1. The Morgan fingerprint density at radius 1 is 0.960 bits per heavy atom. The lowest BCUT2D eigenvalue weighted by atomic mass is 9.81. The van der Waals surface area contributed by atoms with Crippen LogP contribution in [0.15, 0.2) is 48.7 Å². The molecule has 0 bridgehead atoms. The SMILES string of the molecule is O=C(O)C1CCC(C(=O)Nc2ccc(Oc3ccccc3)cn2)CC1. The third-order valence-corrected chi connectivity index (χ3v) is 4.41. The average molecular weight is 340 g/mol. The molecule has 1 fully saturated rings. The summed E-state index contributed by atoms with van der Waals surface area (Å²) in [6.45, 7) is 0. The zero-order valence-corrected chi connectivity index (χ0v) is 13.7.